The van der Waals surface area contributed by atoms with E-state index in [1.807, 2.05) is 42.6 Å². The van der Waals surface area contributed by atoms with Gasteiger partial charge in [0, 0.05) is 45.3 Å². The number of hydrogen-bond acceptors (Lipinski definition) is 3. The molecule has 0 aromatic heterocycles. The quantitative estimate of drug-likeness (QED) is 0.184. The standard InChI is InChI=1S/C48H33N2OP/c51-52(32-13-2-1-3-14-32)45-22-9-5-16-35(45)38-27-42-37(28-46(38)52)33-24-23-30(31-12-11-25-49-29-31)26-41(33)48(42)39-18-6-8-21-44(39)50-43-20-7-4-15-34(43)36-17-10-19-40(48)47(36)50/h1-28,40,47,49H,29H2. The van der Waals surface area contributed by atoms with Crippen molar-refractivity contribution in [3.63, 3.8) is 0 Å². The Kier molecular flexibility index (Phi) is 5.60. The second-order valence-corrected chi connectivity index (χ2v) is 17.5. The Bertz CT molecular complexity index is 2750. The Morgan fingerprint density at radius 2 is 1.38 bits per heavy atom. The van der Waals surface area contributed by atoms with Crippen LogP contribution in [0.15, 0.2) is 170 Å². The van der Waals surface area contributed by atoms with Gasteiger partial charge in [-0.15, -0.1) is 0 Å². The molecule has 1 spiro atoms. The SMILES string of the molecule is O=P1(c2ccccc2)c2ccccc2-c2cc3c(cc21)-c1ccc(C2=CC=CNC2)cc1C31c2ccccc2N2c3ccccc3C3=CC=CC1C32. The highest BCUT2D eigenvalue weighted by Crippen LogP contribution is 2.68. The molecule has 0 bridgehead atoms. The maximum absolute atomic E-state index is 15.8. The second kappa shape index (κ2) is 10.1. The summed E-state index contributed by atoms with van der Waals surface area (Å²) in [5.41, 5.74) is 15.9. The number of rotatable bonds is 2. The van der Waals surface area contributed by atoms with Crippen molar-refractivity contribution >= 4 is 45.6 Å². The van der Waals surface area contributed by atoms with Gasteiger partial charge in [0.1, 0.15) is 0 Å². The molecule has 0 radical (unpaired) electrons. The monoisotopic (exact) mass is 684 g/mol. The Hall–Kier alpha value is -5.89. The summed E-state index contributed by atoms with van der Waals surface area (Å²) < 4.78 is 15.8. The first kappa shape index (κ1) is 28.8. The average Bonchev–Trinajstić information content (AvgIpc) is 3.80. The first-order valence-electron chi connectivity index (χ1n) is 18.2. The molecule has 0 amide bonds. The van der Waals surface area contributed by atoms with Crippen LogP contribution in [0, 0.1) is 5.92 Å². The highest BCUT2D eigenvalue weighted by Gasteiger charge is 2.60. The van der Waals surface area contributed by atoms with Crippen molar-refractivity contribution in [3.05, 3.63) is 198 Å². The first-order valence-corrected chi connectivity index (χ1v) is 20.0. The molecule has 0 saturated carbocycles. The zero-order valence-corrected chi connectivity index (χ0v) is 29.2. The van der Waals surface area contributed by atoms with Crippen molar-refractivity contribution in [1.82, 2.24) is 5.32 Å². The topological polar surface area (TPSA) is 32.3 Å². The van der Waals surface area contributed by atoms with Gasteiger partial charge >= 0.3 is 0 Å². The van der Waals surface area contributed by atoms with Gasteiger partial charge < -0.3 is 14.8 Å². The van der Waals surface area contributed by atoms with Gasteiger partial charge in [-0.2, -0.15) is 0 Å². The Balaban J connectivity index is 1.21. The number of fused-ring (bicyclic) bond motifs is 15. The van der Waals surface area contributed by atoms with Gasteiger partial charge in [0.2, 0.25) is 0 Å². The largest absolute Gasteiger partial charge is 0.387 e. The van der Waals surface area contributed by atoms with E-state index in [1.165, 1.54) is 61.5 Å². The molecule has 6 aromatic carbocycles. The minimum atomic E-state index is -3.13. The lowest BCUT2D eigenvalue weighted by molar-refractivity contribution is 0.404. The van der Waals surface area contributed by atoms with E-state index in [1.54, 1.807) is 0 Å². The smallest absolute Gasteiger partial charge is 0.172 e. The molecule has 2 aliphatic carbocycles. The number of dihydropyridines is 1. The van der Waals surface area contributed by atoms with Crippen molar-refractivity contribution in [1.29, 1.82) is 0 Å². The van der Waals surface area contributed by atoms with Crippen LogP contribution < -0.4 is 26.1 Å². The fourth-order valence-corrected chi connectivity index (χ4v) is 13.6. The number of allylic oxidation sites excluding steroid dienone is 4. The maximum Gasteiger partial charge on any atom is 0.172 e. The molecule has 12 rings (SSSR count). The van der Waals surface area contributed by atoms with Gasteiger partial charge in [0.15, 0.2) is 7.14 Å². The van der Waals surface area contributed by atoms with E-state index >= 15 is 4.57 Å². The summed E-state index contributed by atoms with van der Waals surface area (Å²) in [6.45, 7) is 0.791. The van der Waals surface area contributed by atoms with Crippen LogP contribution in [0.5, 0.6) is 0 Å². The van der Waals surface area contributed by atoms with Gasteiger partial charge in [-0.05, 0) is 98.3 Å². The van der Waals surface area contributed by atoms with Crippen LogP contribution in [0.1, 0.15) is 27.8 Å². The van der Waals surface area contributed by atoms with Crippen LogP contribution in [0.25, 0.3) is 33.4 Å². The lowest BCUT2D eigenvalue weighted by atomic mass is 9.57. The predicted molar refractivity (Wildman–Crippen MR) is 215 cm³/mol. The van der Waals surface area contributed by atoms with Crippen molar-refractivity contribution in [2.75, 3.05) is 11.4 Å². The molecule has 4 heteroatoms. The third-order valence-electron chi connectivity index (χ3n) is 12.6. The lowest BCUT2D eigenvalue weighted by Crippen LogP contribution is -2.52. The molecule has 3 nitrogen and oxygen atoms in total. The third kappa shape index (κ3) is 3.36. The van der Waals surface area contributed by atoms with E-state index in [9.17, 15) is 0 Å². The zero-order valence-electron chi connectivity index (χ0n) is 28.3. The number of nitrogens with one attached hydrogen (secondary N) is 1. The van der Waals surface area contributed by atoms with Crippen LogP contribution >= 0.6 is 7.14 Å². The summed E-state index contributed by atoms with van der Waals surface area (Å²) in [6.07, 6.45) is 13.5. The van der Waals surface area contributed by atoms with Gasteiger partial charge in [0.25, 0.3) is 0 Å². The molecule has 6 aromatic rings. The zero-order chi connectivity index (χ0) is 34.2. The Morgan fingerprint density at radius 3 is 2.25 bits per heavy atom. The van der Waals surface area contributed by atoms with Gasteiger partial charge in [0.05, 0.1) is 11.5 Å². The Morgan fingerprint density at radius 1 is 0.615 bits per heavy atom. The normalized spacial score (nSPS) is 24.5. The Labute approximate surface area is 303 Å². The summed E-state index contributed by atoms with van der Waals surface area (Å²) in [7, 11) is -3.13. The van der Waals surface area contributed by atoms with E-state index in [4.69, 9.17) is 0 Å². The van der Waals surface area contributed by atoms with Crippen molar-refractivity contribution in [2.24, 2.45) is 5.92 Å². The van der Waals surface area contributed by atoms with Crippen molar-refractivity contribution in [2.45, 2.75) is 11.5 Å². The van der Waals surface area contributed by atoms with Crippen LogP contribution in [0.3, 0.4) is 0 Å². The molecule has 4 heterocycles. The fourth-order valence-electron chi connectivity index (χ4n) is 10.6. The summed E-state index contributed by atoms with van der Waals surface area (Å²) in [5, 5.41) is 6.23. The lowest BCUT2D eigenvalue weighted by Gasteiger charge is -2.52. The highest BCUT2D eigenvalue weighted by molar-refractivity contribution is 7.86. The number of nitrogens with zero attached hydrogens (tertiary/aromatic N) is 1. The minimum absolute atomic E-state index is 0.110. The van der Waals surface area contributed by atoms with Crippen LogP contribution in [0.2, 0.25) is 0 Å². The maximum atomic E-state index is 15.8. The summed E-state index contributed by atoms with van der Waals surface area (Å²) >= 11 is 0. The molecule has 52 heavy (non-hydrogen) atoms. The van der Waals surface area contributed by atoms with E-state index in [0.29, 0.717) is 0 Å². The van der Waals surface area contributed by atoms with Crippen LogP contribution in [-0.4, -0.2) is 12.6 Å². The number of hydrogen-bond donors (Lipinski definition) is 1. The van der Waals surface area contributed by atoms with Gasteiger partial charge in [-0.25, -0.2) is 0 Å². The van der Waals surface area contributed by atoms with E-state index in [-0.39, 0.29) is 12.0 Å². The highest BCUT2D eigenvalue weighted by atomic mass is 31.2. The third-order valence-corrected chi connectivity index (χ3v) is 15.7. The first-order chi connectivity index (χ1) is 25.7. The molecule has 246 valence electrons. The van der Waals surface area contributed by atoms with E-state index in [0.717, 1.165) is 33.6 Å². The summed E-state index contributed by atoms with van der Waals surface area (Å²) in [4.78, 5) is 2.61. The number of benzene rings is 6. The van der Waals surface area contributed by atoms with Crippen molar-refractivity contribution in [3.8, 4) is 22.3 Å². The molecule has 4 unspecified atom stereocenters. The van der Waals surface area contributed by atoms with Gasteiger partial charge in [-0.1, -0.05) is 127 Å². The van der Waals surface area contributed by atoms with Crippen molar-refractivity contribution < 1.29 is 4.57 Å². The second-order valence-electron chi connectivity index (χ2n) is 14.8. The number of para-hydroxylation sites is 2. The average molecular weight is 685 g/mol. The molecule has 4 aliphatic heterocycles. The molecule has 0 saturated heterocycles. The number of anilines is 2. The summed E-state index contributed by atoms with van der Waals surface area (Å²) in [6, 6.07) is 48.6. The van der Waals surface area contributed by atoms with E-state index in [2.05, 4.69) is 138 Å². The summed E-state index contributed by atoms with van der Waals surface area (Å²) in [5.74, 6) is 0.110. The molecule has 0 fully saturated rings. The van der Waals surface area contributed by atoms with E-state index < -0.39 is 12.6 Å². The molecule has 1 N–H and O–H groups in total. The predicted octanol–water partition coefficient (Wildman–Crippen LogP) is 9.22. The molecular weight excluding hydrogens is 652 g/mol. The minimum Gasteiger partial charge on any atom is -0.387 e. The fraction of sp³-hybridized carbons (Fsp3) is 0.0833. The molecule has 4 atom stereocenters. The van der Waals surface area contributed by atoms with Crippen LogP contribution in [0.4, 0.5) is 11.4 Å². The molecule has 6 aliphatic rings. The van der Waals surface area contributed by atoms with Crippen LogP contribution in [-0.2, 0) is 9.98 Å². The molecular formula is C48H33N2OP. The van der Waals surface area contributed by atoms with Gasteiger partial charge in [-0.3, -0.25) is 0 Å².